The Morgan fingerprint density at radius 3 is 2.18 bits per heavy atom. The van der Waals surface area contributed by atoms with E-state index in [1.807, 2.05) is 0 Å². The second-order valence-corrected chi connectivity index (χ2v) is 8.44. The number of aromatic nitrogens is 1. The van der Waals surface area contributed by atoms with Gasteiger partial charge in [-0.25, -0.2) is 4.98 Å². The molecule has 0 atom stereocenters. The molecule has 2 amide bonds. The molecule has 0 saturated heterocycles. The van der Waals surface area contributed by atoms with Crippen molar-refractivity contribution in [2.75, 3.05) is 23.7 Å². The summed E-state index contributed by atoms with van der Waals surface area (Å²) in [5.41, 5.74) is -3.13. The molecule has 0 spiro atoms. The second kappa shape index (κ2) is 12.2. The summed E-state index contributed by atoms with van der Waals surface area (Å²) in [5.74, 6) is -1.05. The van der Waals surface area contributed by atoms with Crippen LogP contribution in [0.2, 0.25) is 5.02 Å². The quantitative estimate of drug-likeness (QED) is 0.161. The van der Waals surface area contributed by atoms with Gasteiger partial charge in [-0.3, -0.25) is 9.59 Å². The predicted molar refractivity (Wildman–Crippen MR) is 132 cm³/mol. The standard InChI is InChI=1S/C25H21ClF6N4O2/c26-15-6-8-16(9-7-15)35-22(38)11-10-21(37)34-13-2-1-12-33-19-14-20(25(30,31)32)36-23-17(19)4-3-5-18(23)24(27,28)29/h3-11,14H,1-2,12-13H2,(H,33,36)(H,34,37)(H,35,38)/b11-10+. The summed E-state index contributed by atoms with van der Waals surface area (Å²) in [6.45, 7) is 0.328. The number of unbranched alkanes of at least 4 members (excludes halogenated alkanes) is 1. The molecule has 3 rings (SSSR count). The van der Waals surface area contributed by atoms with Gasteiger partial charge in [0.05, 0.1) is 11.1 Å². The summed E-state index contributed by atoms with van der Waals surface area (Å²) in [6, 6.07) is 10.1. The Labute approximate surface area is 218 Å². The van der Waals surface area contributed by atoms with Crippen molar-refractivity contribution >= 4 is 45.7 Å². The van der Waals surface area contributed by atoms with Crippen LogP contribution in [0.15, 0.2) is 60.7 Å². The van der Waals surface area contributed by atoms with Crippen LogP contribution in [-0.4, -0.2) is 29.9 Å². The fourth-order valence-corrected chi connectivity index (χ4v) is 3.51. The number of halogens is 7. The number of pyridine rings is 1. The first-order valence-electron chi connectivity index (χ1n) is 11.2. The van der Waals surface area contributed by atoms with Crippen LogP contribution in [-0.2, 0) is 21.9 Å². The minimum absolute atomic E-state index is 0.0943. The predicted octanol–water partition coefficient (Wildman–Crippen LogP) is 6.43. The topological polar surface area (TPSA) is 83.1 Å². The number of nitrogens with one attached hydrogen (secondary N) is 3. The molecule has 0 unspecified atom stereocenters. The number of hydrogen-bond donors (Lipinski definition) is 3. The van der Waals surface area contributed by atoms with Crippen molar-refractivity contribution in [2.24, 2.45) is 0 Å². The first-order chi connectivity index (χ1) is 17.8. The van der Waals surface area contributed by atoms with Crippen LogP contribution in [0.1, 0.15) is 24.1 Å². The SMILES string of the molecule is O=C(/C=C/C(=O)Nc1ccc(Cl)cc1)NCCCCNc1cc(C(F)(F)F)nc2c(C(F)(F)F)cccc12. The molecule has 3 aromatic rings. The molecule has 0 fully saturated rings. The van der Waals surface area contributed by atoms with Crippen LogP contribution >= 0.6 is 11.6 Å². The molecule has 0 aliphatic carbocycles. The Bertz CT molecular complexity index is 1320. The maximum absolute atomic E-state index is 13.3. The first kappa shape index (κ1) is 28.8. The van der Waals surface area contributed by atoms with E-state index < -0.39 is 40.9 Å². The Morgan fingerprint density at radius 1 is 0.868 bits per heavy atom. The normalized spacial score (nSPS) is 12.1. The van der Waals surface area contributed by atoms with E-state index >= 15 is 0 Å². The smallest absolute Gasteiger partial charge is 0.384 e. The van der Waals surface area contributed by atoms with Gasteiger partial charge < -0.3 is 16.0 Å². The highest BCUT2D eigenvalue weighted by Gasteiger charge is 2.37. The van der Waals surface area contributed by atoms with Crippen molar-refractivity contribution in [1.29, 1.82) is 0 Å². The Kier molecular flexibility index (Phi) is 9.21. The van der Waals surface area contributed by atoms with Gasteiger partial charge >= 0.3 is 12.4 Å². The molecule has 38 heavy (non-hydrogen) atoms. The highest BCUT2D eigenvalue weighted by atomic mass is 35.5. The average molecular weight is 559 g/mol. The van der Waals surface area contributed by atoms with Gasteiger partial charge in [-0.2, -0.15) is 26.3 Å². The van der Waals surface area contributed by atoms with E-state index in [1.54, 1.807) is 24.3 Å². The number of nitrogens with zero attached hydrogens (tertiary/aromatic N) is 1. The number of hydrogen-bond acceptors (Lipinski definition) is 4. The van der Waals surface area contributed by atoms with E-state index in [-0.39, 0.29) is 24.2 Å². The average Bonchev–Trinajstić information content (AvgIpc) is 2.84. The van der Waals surface area contributed by atoms with E-state index in [2.05, 4.69) is 20.9 Å². The lowest BCUT2D eigenvalue weighted by molar-refractivity contribution is -0.142. The van der Waals surface area contributed by atoms with Gasteiger partial charge in [-0.05, 0) is 49.2 Å². The van der Waals surface area contributed by atoms with Crippen molar-refractivity contribution < 1.29 is 35.9 Å². The Morgan fingerprint density at radius 2 is 1.53 bits per heavy atom. The second-order valence-electron chi connectivity index (χ2n) is 8.01. The van der Waals surface area contributed by atoms with E-state index in [4.69, 9.17) is 11.6 Å². The number of rotatable bonds is 9. The van der Waals surface area contributed by atoms with Crippen LogP contribution in [0.5, 0.6) is 0 Å². The highest BCUT2D eigenvalue weighted by Crippen LogP contribution is 2.39. The van der Waals surface area contributed by atoms with Gasteiger partial charge in [0.25, 0.3) is 0 Å². The van der Waals surface area contributed by atoms with Crippen molar-refractivity contribution in [3.8, 4) is 0 Å². The van der Waals surface area contributed by atoms with Crippen molar-refractivity contribution in [3.63, 3.8) is 0 Å². The van der Waals surface area contributed by atoms with Crippen LogP contribution in [0.4, 0.5) is 37.7 Å². The minimum Gasteiger partial charge on any atom is -0.384 e. The summed E-state index contributed by atoms with van der Waals surface area (Å²) in [6.07, 6.45) is -6.93. The number of amides is 2. The van der Waals surface area contributed by atoms with Gasteiger partial charge in [0.1, 0.15) is 5.69 Å². The maximum atomic E-state index is 13.3. The summed E-state index contributed by atoms with van der Waals surface area (Å²) in [5, 5.41) is 8.26. The van der Waals surface area contributed by atoms with Crippen LogP contribution in [0.3, 0.4) is 0 Å². The molecule has 0 saturated carbocycles. The number of anilines is 2. The van der Waals surface area contributed by atoms with Crippen molar-refractivity contribution in [2.45, 2.75) is 25.2 Å². The third kappa shape index (κ3) is 8.10. The molecule has 2 aromatic carbocycles. The number of para-hydroxylation sites is 1. The van der Waals surface area contributed by atoms with E-state index in [9.17, 15) is 35.9 Å². The van der Waals surface area contributed by atoms with Gasteiger partial charge in [0.2, 0.25) is 11.8 Å². The van der Waals surface area contributed by atoms with Gasteiger partial charge in [-0.15, -0.1) is 0 Å². The first-order valence-corrected chi connectivity index (χ1v) is 11.6. The molecule has 13 heteroatoms. The number of carbonyl (C=O) groups is 2. The number of alkyl halides is 6. The van der Waals surface area contributed by atoms with E-state index in [0.717, 1.165) is 18.2 Å². The molecular formula is C25H21ClF6N4O2. The molecular weight excluding hydrogens is 538 g/mol. The third-order valence-electron chi connectivity index (χ3n) is 5.15. The fraction of sp³-hybridized carbons (Fsp3) is 0.240. The lowest BCUT2D eigenvalue weighted by Gasteiger charge is -2.16. The molecule has 0 radical (unpaired) electrons. The lowest BCUT2D eigenvalue weighted by atomic mass is 10.1. The molecule has 3 N–H and O–H groups in total. The molecule has 0 bridgehead atoms. The molecule has 202 valence electrons. The molecule has 0 aliphatic rings. The zero-order chi connectivity index (χ0) is 27.9. The summed E-state index contributed by atoms with van der Waals surface area (Å²) >= 11 is 5.76. The monoisotopic (exact) mass is 558 g/mol. The molecule has 1 heterocycles. The lowest BCUT2D eigenvalue weighted by Crippen LogP contribution is -2.23. The zero-order valence-corrected chi connectivity index (χ0v) is 20.3. The van der Waals surface area contributed by atoms with E-state index in [1.165, 1.54) is 6.07 Å². The van der Waals surface area contributed by atoms with Crippen LogP contribution < -0.4 is 16.0 Å². The van der Waals surface area contributed by atoms with Gasteiger partial charge in [0, 0.05) is 47.0 Å². The molecule has 1 aromatic heterocycles. The highest BCUT2D eigenvalue weighted by molar-refractivity contribution is 6.30. The summed E-state index contributed by atoms with van der Waals surface area (Å²) in [7, 11) is 0. The van der Waals surface area contributed by atoms with Crippen LogP contribution in [0, 0.1) is 0 Å². The van der Waals surface area contributed by atoms with Gasteiger partial charge in [-0.1, -0.05) is 23.7 Å². The number of carbonyl (C=O) groups excluding carboxylic acids is 2. The van der Waals surface area contributed by atoms with E-state index in [0.29, 0.717) is 35.7 Å². The number of fused-ring (bicyclic) bond motifs is 1. The molecule has 0 aliphatic heterocycles. The Balaban J connectivity index is 1.52. The number of benzene rings is 2. The summed E-state index contributed by atoms with van der Waals surface area (Å²) in [4.78, 5) is 27.0. The van der Waals surface area contributed by atoms with Crippen LogP contribution in [0.25, 0.3) is 10.9 Å². The van der Waals surface area contributed by atoms with Gasteiger partial charge in [0.15, 0.2) is 0 Å². The largest absolute Gasteiger partial charge is 0.433 e. The van der Waals surface area contributed by atoms with Crippen molar-refractivity contribution in [1.82, 2.24) is 10.3 Å². The maximum Gasteiger partial charge on any atom is 0.433 e. The summed E-state index contributed by atoms with van der Waals surface area (Å²) < 4.78 is 79.8. The van der Waals surface area contributed by atoms with Crippen molar-refractivity contribution in [3.05, 3.63) is 77.0 Å². The Hall–Kier alpha value is -3.80. The molecule has 6 nitrogen and oxygen atoms in total. The zero-order valence-electron chi connectivity index (χ0n) is 19.5. The minimum atomic E-state index is -4.94. The fourth-order valence-electron chi connectivity index (χ4n) is 3.38. The third-order valence-corrected chi connectivity index (χ3v) is 5.40.